The minimum Gasteiger partial charge on any atom is -0.398 e. The molecule has 106 valence electrons. The molecule has 1 heterocycles. The fourth-order valence-corrected chi connectivity index (χ4v) is 3.43. The molecule has 1 aromatic rings. The lowest BCUT2D eigenvalue weighted by Crippen LogP contribution is -2.32. The second-order valence-electron chi connectivity index (χ2n) is 4.59. The first-order valence-electron chi connectivity index (χ1n) is 6.11. The third kappa shape index (κ3) is 3.82. The Hall–Kier alpha value is -0.820. The summed E-state index contributed by atoms with van der Waals surface area (Å²) >= 11 is 5.76. The van der Waals surface area contributed by atoms with Crippen molar-refractivity contribution in [2.45, 2.75) is 17.7 Å². The van der Waals surface area contributed by atoms with Crippen LogP contribution in [0.3, 0.4) is 0 Å². The Kier molecular flexibility index (Phi) is 4.67. The third-order valence-corrected chi connectivity index (χ3v) is 4.90. The number of ether oxygens (including phenoxy) is 1. The summed E-state index contributed by atoms with van der Waals surface area (Å²) in [5, 5.41) is 0.417. The number of nitrogens with one attached hydrogen (secondary N) is 1. The van der Waals surface area contributed by atoms with E-state index < -0.39 is 10.0 Å². The van der Waals surface area contributed by atoms with Gasteiger partial charge < -0.3 is 10.5 Å². The van der Waals surface area contributed by atoms with Crippen molar-refractivity contribution >= 4 is 27.3 Å². The second-order valence-corrected chi connectivity index (χ2v) is 6.76. The fourth-order valence-electron chi connectivity index (χ4n) is 2.02. The van der Waals surface area contributed by atoms with Gasteiger partial charge in [-0.1, -0.05) is 11.6 Å². The van der Waals surface area contributed by atoms with Gasteiger partial charge in [0.2, 0.25) is 10.0 Å². The summed E-state index contributed by atoms with van der Waals surface area (Å²) in [6.07, 6.45) is 1.75. The average Bonchev–Trinajstić information content (AvgIpc) is 2.37. The van der Waals surface area contributed by atoms with Gasteiger partial charge >= 0.3 is 0 Å². The number of benzene rings is 1. The van der Waals surface area contributed by atoms with E-state index in [0.717, 1.165) is 12.8 Å². The Morgan fingerprint density at radius 2 is 2.05 bits per heavy atom. The van der Waals surface area contributed by atoms with Gasteiger partial charge in [0.15, 0.2) is 0 Å². The number of hydrogen-bond donors (Lipinski definition) is 2. The Morgan fingerprint density at radius 3 is 2.68 bits per heavy atom. The van der Waals surface area contributed by atoms with Gasteiger partial charge in [-0.05, 0) is 37.0 Å². The topological polar surface area (TPSA) is 81.4 Å². The highest BCUT2D eigenvalue weighted by Crippen LogP contribution is 2.22. The average molecular weight is 305 g/mol. The molecule has 1 aromatic carbocycles. The van der Waals surface area contributed by atoms with E-state index in [9.17, 15) is 8.42 Å². The molecule has 0 amide bonds. The zero-order valence-electron chi connectivity index (χ0n) is 10.4. The number of rotatable bonds is 4. The molecular weight excluding hydrogens is 288 g/mol. The predicted octanol–water partition coefficient (Wildman–Crippen LogP) is 1.63. The molecule has 0 unspecified atom stereocenters. The lowest BCUT2D eigenvalue weighted by Gasteiger charge is -2.22. The van der Waals surface area contributed by atoms with E-state index in [1.807, 2.05) is 0 Å². The lowest BCUT2D eigenvalue weighted by molar-refractivity contribution is 0.0678. The molecule has 5 nitrogen and oxygen atoms in total. The molecule has 0 spiro atoms. The van der Waals surface area contributed by atoms with Crippen molar-refractivity contribution < 1.29 is 13.2 Å². The van der Waals surface area contributed by atoms with E-state index in [1.165, 1.54) is 18.2 Å². The molecule has 1 aliphatic heterocycles. The van der Waals surface area contributed by atoms with Crippen LogP contribution in [-0.2, 0) is 14.8 Å². The van der Waals surface area contributed by atoms with Gasteiger partial charge in [-0.15, -0.1) is 0 Å². The summed E-state index contributed by atoms with van der Waals surface area (Å²) in [5.74, 6) is 0.317. The van der Waals surface area contributed by atoms with Gasteiger partial charge in [0, 0.05) is 24.8 Å². The van der Waals surface area contributed by atoms with Crippen LogP contribution in [-0.4, -0.2) is 28.2 Å². The maximum atomic E-state index is 12.1. The van der Waals surface area contributed by atoms with Gasteiger partial charge in [0.1, 0.15) is 4.90 Å². The van der Waals surface area contributed by atoms with Crippen LogP contribution in [0.4, 0.5) is 5.69 Å². The van der Waals surface area contributed by atoms with Crippen molar-refractivity contribution in [1.29, 1.82) is 0 Å². The van der Waals surface area contributed by atoms with Crippen molar-refractivity contribution in [3.63, 3.8) is 0 Å². The number of sulfonamides is 1. The quantitative estimate of drug-likeness (QED) is 0.828. The molecule has 0 aliphatic carbocycles. The van der Waals surface area contributed by atoms with Crippen LogP contribution >= 0.6 is 11.6 Å². The van der Waals surface area contributed by atoms with Crippen molar-refractivity contribution in [3.8, 4) is 0 Å². The Labute approximate surface area is 118 Å². The molecule has 1 aliphatic rings. The van der Waals surface area contributed by atoms with Crippen LogP contribution < -0.4 is 10.5 Å². The first kappa shape index (κ1) is 14.6. The zero-order valence-corrected chi connectivity index (χ0v) is 12.0. The number of nitrogens with two attached hydrogens (primary N) is 1. The van der Waals surface area contributed by atoms with Crippen LogP contribution in [0, 0.1) is 5.92 Å². The smallest absolute Gasteiger partial charge is 0.242 e. The van der Waals surface area contributed by atoms with Crippen molar-refractivity contribution in [2.24, 2.45) is 5.92 Å². The highest BCUT2D eigenvalue weighted by Gasteiger charge is 2.20. The van der Waals surface area contributed by atoms with E-state index in [0.29, 0.717) is 30.7 Å². The number of nitrogen functional groups attached to an aromatic ring is 1. The van der Waals surface area contributed by atoms with E-state index >= 15 is 0 Å². The molecule has 3 N–H and O–H groups in total. The highest BCUT2D eigenvalue weighted by atomic mass is 35.5. The number of hydrogen-bond acceptors (Lipinski definition) is 4. The SMILES string of the molecule is Nc1cc(Cl)ccc1S(=O)(=O)NCC1CCOCC1. The summed E-state index contributed by atoms with van der Waals surface area (Å²) in [6, 6.07) is 4.37. The van der Waals surface area contributed by atoms with Crippen LogP contribution in [0.1, 0.15) is 12.8 Å². The molecule has 1 fully saturated rings. The Bertz CT molecular complexity index is 542. The second kappa shape index (κ2) is 6.09. The number of halogens is 1. The summed E-state index contributed by atoms with van der Waals surface area (Å²) in [4.78, 5) is 0.0731. The first-order chi connectivity index (χ1) is 8.99. The minimum atomic E-state index is -3.58. The fraction of sp³-hybridized carbons (Fsp3) is 0.500. The molecular formula is C12H17ClN2O3S. The largest absolute Gasteiger partial charge is 0.398 e. The molecule has 0 aromatic heterocycles. The van der Waals surface area contributed by atoms with Gasteiger partial charge in [-0.2, -0.15) is 0 Å². The maximum absolute atomic E-state index is 12.1. The summed E-state index contributed by atoms with van der Waals surface area (Å²) in [7, 11) is -3.58. The van der Waals surface area contributed by atoms with E-state index in [4.69, 9.17) is 22.1 Å². The molecule has 0 radical (unpaired) electrons. The third-order valence-electron chi connectivity index (χ3n) is 3.16. The van der Waals surface area contributed by atoms with E-state index in [1.54, 1.807) is 0 Å². The molecule has 19 heavy (non-hydrogen) atoms. The first-order valence-corrected chi connectivity index (χ1v) is 7.97. The van der Waals surface area contributed by atoms with E-state index in [-0.39, 0.29) is 10.6 Å². The lowest BCUT2D eigenvalue weighted by atomic mass is 10.0. The summed E-state index contributed by atoms with van der Waals surface area (Å²) < 4.78 is 32.1. The Balaban J connectivity index is 2.05. The predicted molar refractivity (Wildman–Crippen MR) is 74.6 cm³/mol. The van der Waals surface area contributed by atoms with Crippen molar-refractivity contribution in [3.05, 3.63) is 23.2 Å². The van der Waals surface area contributed by atoms with Crippen LogP contribution in [0.2, 0.25) is 5.02 Å². The normalized spacial score (nSPS) is 17.5. The van der Waals surface area contributed by atoms with Crippen molar-refractivity contribution in [1.82, 2.24) is 4.72 Å². The highest BCUT2D eigenvalue weighted by molar-refractivity contribution is 7.89. The van der Waals surface area contributed by atoms with Gasteiger partial charge in [-0.25, -0.2) is 13.1 Å². The minimum absolute atomic E-state index is 0.0731. The molecule has 1 saturated heterocycles. The van der Waals surface area contributed by atoms with Crippen molar-refractivity contribution in [2.75, 3.05) is 25.5 Å². The van der Waals surface area contributed by atoms with Gasteiger partial charge in [0.25, 0.3) is 0 Å². The standard InChI is InChI=1S/C12H17ClN2O3S/c13-10-1-2-12(11(14)7-10)19(16,17)15-8-9-3-5-18-6-4-9/h1-2,7,9,15H,3-6,8,14H2. The number of anilines is 1. The summed E-state index contributed by atoms with van der Waals surface area (Å²) in [6.45, 7) is 1.79. The Morgan fingerprint density at radius 1 is 1.37 bits per heavy atom. The monoisotopic (exact) mass is 304 g/mol. The van der Waals surface area contributed by atoms with Gasteiger partial charge in [-0.3, -0.25) is 0 Å². The van der Waals surface area contributed by atoms with E-state index in [2.05, 4.69) is 4.72 Å². The molecule has 0 bridgehead atoms. The molecule has 0 atom stereocenters. The zero-order chi connectivity index (χ0) is 13.9. The van der Waals surface area contributed by atoms with Crippen LogP contribution in [0.25, 0.3) is 0 Å². The van der Waals surface area contributed by atoms with Crippen LogP contribution in [0.15, 0.2) is 23.1 Å². The van der Waals surface area contributed by atoms with Crippen LogP contribution in [0.5, 0.6) is 0 Å². The molecule has 7 heteroatoms. The maximum Gasteiger partial charge on any atom is 0.242 e. The summed E-state index contributed by atoms with van der Waals surface area (Å²) in [5.41, 5.74) is 5.85. The molecule has 2 rings (SSSR count). The van der Waals surface area contributed by atoms with Gasteiger partial charge in [0.05, 0.1) is 5.69 Å². The molecule has 0 saturated carbocycles.